The molecule has 0 aliphatic rings. The smallest absolute Gasteiger partial charge is 0.342 e. The van der Waals surface area contributed by atoms with Crippen LogP contribution in [-0.4, -0.2) is 17.7 Å². The number of aromatic hydroxyl groups is 1. The Kier molecular flexibility index (Phi) is 5.45. The minimum Gasteiger partial charge on any atom is -0.508 e. The van der Waals surface area contributed by atoms with Gasteiger partial charge in [0, 0.05) is 23.1 Å². The number of ether oxygens (including phenoxy) is 2. The molecule has 140 valence electrons. The molecular weight excluding hydrogens is 348 g/mol. The average Bonchev–Trinajstić information content (AvgIpc) is 2.66. The van der Waals surface area contributed by atoms with E-state index in [-0.39, 0.29) is 17.9 Å². The van der Waals surface area contributed by atoms with Crippen molar-refractivity contribution in [2.75, 3.05) is 6.61 Å². The van der Waals surface area contributed by atoms with Crippen molar-refractivity contribution in [1.82, 2.24) is 0 Å². The number of esters is 1. The highest BCUT2D eigenvalue weighted by molar-refractivity contribution is 5.92. The zero-order chi connectivity index (χ0) is 19.4. The van der Waals surface area contributed by atoms with E-state index in [1.807, 2.05) is 13.8 Å². The van der Waals surface area contributed by atoms with Gasteiger partial charge in [-0.2, -0.15) is 0 Å². The number of hydrogen-bond acceptors (Lipinski definition) is 6. The predicted molar refractivity (Wildman–Crippen MR) is 100 cm³/mol. The Morgan fingerprint density at radius 3 is 2.63 bits per heavy atom. The van der Waals surface area contributed by atoms with Gasteiger partial charge in [-0.3, -0.25) is 0 Å². The summed E-state index contributed by atoms with van der Waals surface area (Å²) in [5.74, 6) is -0.0384. The van der Waals surface area contributed by atoms with E-state index >= 15 is 0 Å². The first-order valence-corrected chi connectivity index (χ1v) is 8.71. The molecule has 0 unspecified atom stereocenters. The number of phenolic OH excluding ortho intramolecular Hbond substituents is 1. The minimum absolute atomic E-state index is 0.0629. The molecule has 0 amide bonds. The zero-order valence-electron chi connectivity index (χ0n) is 15.2. The van der Waals surface area contributed by atoms with Crippen LogP contribution >= 0.6 is 0 Å². The van der Waals surface area contributed by atoms with Crippen molar-refractivity contribution in [1.29, 1.82) is 0 Å². The van der Waals surface area contributed by atoms with Crippen molar-refractivity contribution in [2.45, 2.75) is 26.9 Å². The maximum absolute atomic E-state index is 12.5. The first-order chi connectivity index (χ1) is 13.0. The van der Waals surface area contributed by atoms with Crippen molar-refractivity contribution in [3.63, 3.8) is 0 Å². The van der Waals surface area contributed by atoms with Gasteiger partial charge in [0.05, 0.1) is 6.61 Å². The fraction of sp³-hybridized carbons (Fsp3) is 0.238. The molecule has 0 bridgehead atoms. The molecule has 0 radical (unpaired) electrons. The molecule has 1 N–H and O–H groups in total. The number of carbonyl (C=O) groups is 1. The molecule has 6 nitrogen and oxygen atoms in total. The standard InChI is InChI=1S/C21H20O6/c1-3-13-9-16-14(10-20(23)27-19(16)11-17(13)22)12-26-21(24)15-7-5-6-8-18(15)25-4-2/h5-11,22H,3-4,12H2,1-2H3. The number of fused-ring (bicyclic) bond motifs is 1. The van der Waals surface area contributed by atoms with Crippen molar-refractivity contribution < 1.29 is 23.8 Å². The normalized spacial score (nSPS) is 10.7. The zero-order valence-corrected chi connectivity index (χ0v) is 15.2. The summed E-state index contributed by atoms with van der Waals surface area (Å²) in [7, 11) is 0. The second kappa shape index (κ2) is 7.95. The van der Waals surface area contributed by atoms with Crippen LogP contribution in [0.2, 0.25) is 0 Å². The highest BCUT2D eigenvalue weighted by atomic mass is 16.5. The van der Waals surface area contributed by atoms with Crippen LogP contribution in [0.3, 0.4) is 0 Å². The van der Waals surface area contributed by atoms with Crippen molar-refractivity contribution in [3.05, 3.63) is 69.6 Å². The van der Waals surface area contributed by atoms with Crippen molar-refractivity contribution in [3.8, 4) is 11.5 Å². The molecule has 0 aliphatic carbocycles. The van der Waals surface area contributed by atoms with Gasteiger partial charge >= 0.3 is 11.6 Å². The SMILES string of the molecule is CCOc1ccccc1C(=O)OCc1cc(=O)oc2cc(O)c(CC)cc12. The predicted octanol–water partition coefficient (Wildman–Crippen LogP) is 3.82. The highest BCUT2D eigenvalue weighted by Gasteiger charge is 2.16. The fourth-order valence-corrected chi connectivity index (χ4v) is 2.85. The highest BCUT2D eigenvalue weighted by Crippen LogP contribution is 2.27. The summed E-state index contributed by atoms with van der Waals surface area (Å²) in [6.07, 6.45) is 0.613. The monoisotopic (exact) mass is 368 g/mol. The van der Waals surface area contributed by atoms with E-state index in [2.05, 4.69) is 0 Å². The number of rotatable bonds is 6. The van der Waals surface area contributed by atoms with Crippen molar-refractivity contribution >= 4 is 16.9 Å². The van der Waals surface area contributed by atoms with Gasteiger partial charge in [0.2, 0.25) is 0 Å². The maximum atomic E-state index is 12.5. The summed E-state index contributed by atoms with van der Waals surface area (Å²) >= 11 is 0. The average molecular weight is 368 g/mol. The van der Waals surface area contributed by atoms with E-state index < -0.39 is 11.6 Å². The third-order valence-corrected chi connectivity index (χ3v) is 4.18. The van der Waals surface area contributed by atoms with Crippen LogP contribution in [0.5, 0.6) is 11.5 Å². The van der Waals surface area contributed by atoms with E-state index in [1.165, 1.54) is 12.1 Å². The van der Waals surface area contributed by atoms with Gasteiger partial charge in [-0.1, -0.05) is 19.1 Å². The number of aryl methyl sites for hydroxylation is 1. The van der Waals surface area contributed by atoms with Gasteiger partial charge in [-0.15, -0.1) is 0 Å². The molecule has 0 atom stereocenters. The Balaban J connectivity index is 1.91. The molecule has 27 heavy (non-hydrogen) atoms. The minimum atomic E-state index is -0.577. The molecule has 2 aromatic carbocycles. The second-order valence-corrected chi connectivity index (χ2v) is 5.93. The van der Waals surface area contributed by atoms with Crippen LogP contribution in [0.25, 0.3) is 11.0 Å². The Bertz CT molecular complexity index is 1030. The molecule has 3 rings (SSSR count). The lowest BCUT2D eigenvalue weighted by Gasteiger charge is -2.11. The summed E-state index contributed by atoms with van der Waals surface area (Å²) < 4.78 is 16.0. The van der Waals surface area contributed by atoms with E-state index in [0.717, 1.165) is 0 Å². The number of carbonyl (C=O) groups excluding carboxylic acids is 1. The summed E-state index contributed by atoms with van der Waals surface area (Å²) in [5, 5.41) is 10.6. The Morgan fingerprint density at radius 2 is 1.89 bits per heavy atom. The van der Waals surface area contributed by atoms with Gasteiger partial charge in [0.15, 0.2) is 0 Å². The fourth-order valence-electron chi connectivity index (χ4n) is 2.85. The van der Waals surface area contributed by atoms with Crippen LogP contribution in [0.1, 0.15) is 35.3 Å². The Morgan fingerprint density at radius 1 is 1.11 bits per heavy atom. The molecule has 0 saturated heterocycles. The Hall–Kier alpha value is -3.28. The molecule has 1 aromatic heterocycles. The summed E-state index contributed by atoms with van der Waals surface area (Å²) in [4.78, 5) is 24.3. The molecule has 6 heteroatoms. The lowest BCUT2D eigenvalue weighted by Crippen LogP contribution is -2.10. The molecule has 0 spiro atoms. The van der Waals surface area contributed by atoms with Gasteiger partial charge in [-0.05, 0) is 37.1 Å². The third-order valence-electron chi connectivity index (χ3n) is 4.18. The summed E-state index contributed by atoms with van der Waals surface area (Å²) in [5.41, 5.74) is 1.22. The van der Waals surface area contributed by atoms with Gasteiger partial charge < -0.3 is 19.0 Å². The summed E-state index contributed by atoms with van der Waals surface area (Å²) in [6.45, 7) is 4.07. The number of hydrogen-bond donors (Lipinski definition) is 1. The molecule has 3 aromatic rings. The summed E-state index contributed by atoms with van der Waals surface area (Å²) in [6, 6.07) is 11.3. The second-order valence-electron chi connectivity index (χ2n) is 5.93. The third kappa shape index (κ3) is 3.95. The first kappa shape index (κ1) is 18.5. The van der Waals surface area contributed by atoms with Crippen LogP contribution < -0.4 is 10.4 Å². The lowest BCUT2D eigenvalue weighted by molar-refractivity contribution is 0.0469. The molecule has 0 fully saturated rings. The van der Waals surface area contributed by atoms with Gasteiger partial charge in [0.25, 0.3) is 0 Å². The maximum Gasteiger partial charge on any atom is 0.342 e. The van der Waals surface area contributed by atoms with E-state index in [9.17, 15) is 14.7 Å². The van der Waals surface area contributed by atoms with Crippen molar-refractivity contribution in [2.24, 2.45) is 0 Å². The molecular formula is C21H20O6. The molecule has 0 aliphatic heterocycles. The first-order valence-electron chi connectivity index (χ1n) is 8.71. The number of benzene rings is 2. The number of para-hydroxylation sites is 1. The van der Waals surface area contributed by atoms with Crippen LogP contribution in [-0.2, 0) is 17.8 Å². The van der Waals surface area contributed by atoms with E-state index in [1.54, 1.807) is 30.3 Å². The lowest BCUT2D eigenvalue weighted by atomic mass is 10.0. The van der Waals surface area contributed by atoms with Crippen LogP contribution in [0, 0.1) is 0 Å². The largest absolute Gasteiger partial charge is 0.508 e. The topological polar surface area (TPSA) is 86.0 Å². The number of phenols is 1. The van der Waals surface area contributed by atoms with Gasteiger partial charge in [-0.25, -0.2) is 9.59 Å². The Labute approximate surface area is 156 Å². The molecule has 0 saturated carbocycles. The molecule has 1 heterocycles. The van der Waals surface area contributed by atoms with Gasteiger partial charge in [0.1, 0.15) is 29.3 Å². The van der Waals surface area contributed by atoms with E-state index in [4.69, 9.17) is 13.9 Å². The van der Waals surface area contributed by atoms with Crippen LogP contribution in [0.15, 0.2) is 51.7 Å². The quantitative estimate of drug-likeness (QED) is 0.526. The van der Waals surface area contributed by atoms with Crippen LogP contribution in [0.4, 0.5) is 0 Å². The van der Waals surface area contributed by atoms with E-state index in [0.29, 0.717) is 40.9 Å².